The summed E-state index contributed by atoms with van der Waals surface area (Å²) in [4.78, 5) is 1.92. The summed E-state index contributed by atoms with van der Waals surface area (Å²) in [7, 11) is -1.81. The Balaban J connectivity index is 1.35. The number of nitrogens with zero attached hydrogens (tertiary/aromatic N) is 1. The molecule has 1 heterocycles. The molecule has 0 aromatic heterocycles. The molecule has 1 aliphatic heterocycles. The van der Waals surface area contributed by atoms with Crippen molar-refractivity contribution in [3.63, 3.8) is 0 Å². The molecule has 4 rings (SSSR count). The van der Waals surface area contributed by atoms with Crippen molar-refractivity contribution in [3.8, 4) is 5.75 Å². The SMILES string of the molecule is COc1ccc(S(=O)(=O)N2CC[NH+](C[C@H]3C[C@H]4C=C[C@H]3C4)CC2)cc1. The number of sulfonamides is 1. The minimum atomic E-state index is -3.39. The lowest BCUT2D eigenvalue weighted by molar-refractivity contribution is -0.907. The molecule has 6 heteroatoms. The Morgan fingerprint density at radius 3 is 2.40 bits per heavy atom. The minimum absolute atomic E-state index is 0.356. The second-order valence-corrected chi connectivity index (χ2v) is 9.51. The molecule has 0 unspecified atom stereocenters. The smallest absolute Gasteiger partial charge is 0.243 e. The van der Waals surface area contributed by atoms with Crippen LogP contribution in [0.3, 0.4) is 0 Å². The van der Waals surface area contributed by atoms with E-state index >= 15 is 0 Å². The number of ether oxygens (including phenoxy) is 1. The summed E-state index contributed by atoms with van der Waals surface area (Å²) in [6, 6.07) is 6.68. The molecule has 25 heavy (non-hydrogen) atoms. The van der Waals surface area contributed by atoms with E-state index in [1.807, 2.05) is 0 Å². The summed E-state index contributed by atoms with van der Waals surface area (Å²) in [5, 5.41) is 0. The van der Waals surface area contributed by atoms with Crippen molar-refractivity contribution in [2.45, 2.75) is 17.7 Å². The van der Waals surface area contributed by atoms with Crippen LogP contribution in [0.4, 0.5) is 0 Å². The van der Waals surface area contributed by atoms with Gasteiger partial charge in [-0.2, -0.15) is 4.31 Å². The Hall–Kier alpha value is -1.37. The third-order valence-corrected chi connectivity index (χ3v) is 8.01. The molecule has 1 aromatic carbocycles. The van der Waals surface area contributed by atoms with Gasteiger partial charge >= 0.3 is 0 Å². The molecule has 5 nitrogen and oxygen atoms in total. The van der Waals surface area contributed by atoms with Gasteiger partial charge in [-0.25, -0.2) is 8.42 Å². The quantitative estimate of drug-likeness (QED) is 0.788. The summed E-state index contributed by atoms with van der Waals surface area (Å²) < 4.78 is 32.4. The Bertz CT molecular complexity index is 736. The van der Waals surface area contributed by atoms with Crippen LogP contribution >= 0.6 is 0 Å². The second-order valence-electron chi connectivity index (χ2n) is 7.57. The van der Waals surface area contributed by atoms with Gasteiger partial charge in [0.15, 0.2) is 0 Å². The third kappa shape index (κ3) is 3.35. The molecule has 0 spiro atoms. The van der Waals surface area contributed by atoms with E-state index in [-0.39, 0.29) is 0 Å². The van der Waals surface area contributed by atoms with Crippen LogP contribution in [0.15, 0.2) is 41.3 Å². The van der Waals surface area contributed by atoms with Gasteiger partial charge < -0.3 is 9.64 Å². The lowest BCUT2D eigenvalue weighted by atomic mass is 9.93. The predicted octanol–water partition coefficient (Wildman–Crippen LogP) is 0.797. The molecule has 1 N–H and O–H groups in total. The van der Waals surface area contributed by atoms with E-state index in [1.165, 1.54) is 19.4 Å². The summed E-state index contributed by atoms with van der Waals surface area (Å²) in [6.45, 7) is 4.24. The van der Waals surface area contributed by atoms with Crippen LogP contribution in [-0.2, 0) is 10.0 Å². The maximum absolute atomic E-state index is 12.8. The Morgan fingerprint density at radius 1 is 1.12 bits per heavy atom. The first-order valence-corrected chi connectivity index (χ1v) is 10.7. The average Bonchev–Trinajstić information content (AvgIpc) is 3.25. The fraction of sp³-hybridized carbons (Fsp3) is 0.579. The molecular formula is C19H27N2O3S+. The number of hydrogen-bond donors (Lipinski definition) is 1. The lowest BCUT2D eigenvalue weighted by Crippen LogP contribution is -3.15. The zero-order valence-electron chi connectivity index (χ0n) is 14.7. The normalized spacial score (nSPS) is 30.0. The summed E-state index contributed by atoms with van der Waals surface area (Å²) in [5.74, 6) is 3.06. The maximum atomic E-state index is 12.8. The van der Waals surface area contributed by atoms with E-state index in [0.29, 0.717) is 23.7 Å². The molecule has 3 atom stereocenters. The van der Waals surface area contributed by atoms with Gasteiger partial charge in [-0.3, -0.25) is 0 Å². The fourth-order valence-electron chi connectivity index (χ4n) is 4.64. The van der Waals surface area contributed by atoms with Crippen molar-refractivity contribution in [1.82, 2.24) is 4.31 Å². The Kier molecular flexibility index (Phi) is 4.60. The number of methoxy groups -OCH3 is 1. The van der Waals surface area contributed by atoms with E-state index in [1.54, 1.807) is 40.6 Å². The fourth-order valence-corrected chi connectivity index (χ4v) is 6.09. The molecule has 1 aromatic rings. The van der Waals surface area contributed by atoms with Gasteiger partial charge in [0.1, 0.15) is 5.75 Å². The van der Waals surface area contributed by atoms with Gasteiger partial charge in [0.05, 0.1) is 44.7 Å². The Morgan fingerprint density at radius 2 is 1.84 bits per heavy atom. The van der Waals surface area contributed by atoms with Gasteiger partial charge in [0.25, 0.3) is 0 Å². The van der Waals surface area contributed by atoms with Crippen LogP contribution in [0.25, 0.3) is 0 Å². The monoisotopic (exact) mass is 363 g/mol. The number of rotatable bonds is 5. The summed E-state index contributed by atoms with van der Waals surface area (Å²) in [6.07, 6.45) is 7.47. The number of allylic oxidation sites excluding steroid dienone is 2. The van der Waals surface area contributed by atoms with Crippen molar-refractivity contribution in [3.05, 3.63) is 36.4 Å². The number of hydrogen-bond acceptors (Lipinski definition) is 3. The highest BCUT2D eigenvalue weighted by Crippen LogP contribution is 2.42. The molecule has 2 fully saturated rings. The van der Waals surface area contributed by atoms with E-state index < -0.39 is 10.0 Å². The number of benzene rings is 1. The maximum Gasteiger partial charge on any atom is 0.243 e. The third-order valence-electron chi connectivity index (χ3n) is 6.09. The van der Waals surface area contributed by atoms with E-state index in [0.717, 1.165) is 30.8 Å². The van der Waals surface area contributed by atoms with Crippen molar-refractivity contribution >= 4 is 10.0 Å². The summed E-state index contributed by atoms with van der Waals surface area (Å²) >= 11 is 0. The lowest BCUT2D eigenvalue weighted by Gasteiger charge is -2.33. The molecule has 1 saturated carbocycles. The van der Waals surface area contributed by atoms with Gasteiger partial charge in [0, 0.05) is 5.92 Å². The topological polar surface area (TPSA) is 51.1 Å². The number of fused-ring (bicyclic) bond motifs is 2. The van der Waals surface area contributed by atoms with Gasteiger partial charge in [-0.15, -0.1) is 0 Å². The highest BCUT2D eigenvalue weighted by Gasteiger charge is 2.39. The van der Waals surface area contributed by atoms with Crippen LogP contribution in [0.5, 0.6) is 5.75 Å². The van der Waals surface area contributed by atoms with Crippen molar-refractivity contribution in [2.75, 3.05) is 39.8 Å². The molecule has 136 valence electrons. The minimum Gasteiger partial charge on any atom is -0.497 e. The number of piperazine rings is 1. The van der Waals surface area contributed by atoms with Crippen molar-refractivity contribution in [2.24, 2.45) is 17.8 Å². The first-order valence-electron chi connectivity index (χ1n) is 9.22. The van der Waals surface area contributed by atoms with E-state index in [9.17, 15) is 8.42 Å². The van der Waals surface area contributed by atoms with Gasteiger partial charge in [-0.1, -0.05) is 12.2 Å². The number of nitrogens with one attached hydrogen (secondary N) is 1. The van der Waals surface area contributed by atoms with Crippen molar-refractivity contribution in [1.29, 1.82) is 0 Å². The molecule has 3 aliphatic rings. The van der Waals surface area contributed by atoms with Crippen LogP contribution in [0.1, 0.15) is 12.8 Å². The van der Waals surface area contributed by atoms with Crippen LogP contribution in [0, 0.1) is 17.8 Å². The van der Waals surface area contributed by atoms with Crippen LogP contribution in [-0.4, -0.2) is 52.6 Å². The highest BCUT2D eigenvalue weighted by atomic mass is 32.2. The molecule has 1 saturated heterocycles. The molecule has 0 radical (unpaired) electrons. The average molecular weight is 364 g/mol. The van der Waals surface area contributed by atoms with Crippen LogP contribution < -0.4 is 9.64 Å². The molecular weight excluding hydrogens is 336 g/mol. The molecule has 2 aliphatic carbocycles. The zero-order valence-corrected chi connectivity index (χ0v) is 15.5. The zero-order chi connectivity index (χ0) is 17.4. The first kappa shape index (κ1) is 17.1. The largest absolute Gasteiger partial charge is 0.497 e. The standard InChI is InChI=1S/C19H26N2O3S/c1-24-18-4-6-19(7-5-18)25(22,23)21-10-8-20(9-11-21)14-17-13-15-2-3-16(17)12-15/h2-7,15-17H,8-14H2,1H3/p+1/t15-,16-,17+/m0/s1. The van der Waals surface area contributed by atoms with Gasteiger partial charge in [0.2, 0.25) is 10.0 Å². The second kappa shape index (κ2) is 6.74. The van der Waals surface area contributed by atoms with Crippen molar-refractivity contribution < 1.29 is 18.1 Å². The highest BCUT2D eigenvalue weighted by molar-refractivity contribution is 7.89. The van der Waals surface area contributed by atoms with E-state index in [2.05, 4.69) is 12.2 Å². The molecule has 2 bridgehead atoms. The van der Waals surface area contributed by atoms with Gasteiger partial charge in [-0.05, 0) is 48.9 Å². The first-order chi connectivity index (χ1) is 12.1. The summed E-state index contributed by atoms with van der Waals surface area (Å²) in [5.41, 5.74) is 0. The molecule has 0 amide bonds. The van der Waals surface area contributed by atoms with Crippen LogP contribution in [0.2, 0.25) is 0 Å². The number of quaternary nitrogens is 1. The predicted molar refractivity (Wildman–Crippen MR) is 96.2 cm³/mol. The van der Waals surface area contributed by atoms with E-state index in [4.69, 9.17) is 4.74 Å². The Labute approximate surface area is 150 Å².